The number of nitriles is 1. The summed E-state index contributed by atoms with van der Waals surface area (Å²) >= 11 is 0. The highest BCUT2D eigenvalue weighted by atomic mass is 16.5. The lowest BCUT2D eigenvalue weighted by Crippen LogP contribution is -2.23. The summed E-state index contributed by atoms with van der Waals surface area (Å²) in [6.45, 7) is 3.01. The first kappa shape index (κ1) is 16.5. The molecule has 0 bridgehead atoms. The van der Waals surface area contributed by atoms with Crippen LogP contribution < -0.4 is 0 Å². The van der Waals surface area contributed by atoms with Crippen LogP contribution in [0.3, 0.4) is 0 Å². The molecule has 2 aromatic carbocycles. The fraction of sp³-hybridized carbons (Fsp3) is 0.250. The summed E-state index contributed by atoms with van der Waals surface area (Å²) in [7, 11) is 0. The van der Waals surface area contributed by atoms with Crippen molar-refractivity contribution < 1.29 is 4.74 Å². The second kappa shape index (κ2) is 7.48. The molecule has 0 spiro atoms. The van der Waals surface area contributed by atoms with Gasteiger partial charge in [0.1, 0.15) is 5.69 Å². The quantitative estimate of drug-likeness (QED) is 0.711. The van der Waals surface area contributed by atoms with E-state index in [1.165, 1.54) is 5.56 Å². The SMILES string of the molecule is N#Cc1ccc(Cn2cc(C3OCCN3Cc3ccccc3)nn2)cc1. The van der Waals surface area contributed by atoms with Crippen LogP contribution in [0.15, 0.2) is 60.8 Å². The number of nitrogens with zero attached hydrogens (tertiary/aromatic N) is 5. The normalized spacial score (nSPS) is 17.3. The van der Waals surface area contributed by atoms with E-state index in [1.807, 2.05) is 36.5 Å². The Balaban J connectivity index is 1.45. The number of aromatic nitrogens is 3. The van der Waals surface area contributed by atoms with Gasteiger partial charge in [0, 0.05) is 13.1 Å². The van der Waals surface area contributed by atoms with Crippen molar-refractivity contribution in [2.45, 2.75) is 19.3 Å². The molecular weight excluding hydrogens is 326 g/mol. The second-order valence-corrected chi connectivity index (χ2v) is 6.33. The Hall–Kier alpha value is -3.01. The highest BCUT2D eigenvalue weighted by Gasteiger charge is 2.29. The van der Waals surface area contributed by atoms with E-state index in [4.69, 9.17) is 10.00 Å². The zero-order valence-corrected chi connectivity index (χ0v) is 14.3. The molecule has 6 nitrogen and oxygen atoms in total. The lowest BCUT2D eigenvalue weighted by Gasteiger charge is -2.20. The molecule has 1 atom stereocenters. The van der Waals surface area contributed by atoms with Gasteiger partial charge in [-0.15, -0.1) is 5.10 Å². The molecule has 2 heterocycles. The van der Waals surface area contributed by atoms with Gasteiger partial charge in [0.05, 0.1) is 31.0 Å². The Bertz CT molecular complexity index is 898. The van der Waals surface area contributed by atoms with E-state index in [-0.39, 0.29) is 6.23 Å². The van der Waals surface area contributed by atoms with Crippen LogP contribution in [0.4, 0.5) is 0 Å². The third-order valence-electron chi connectivity index (χ3n) is 4.45. The van der Waals surface area contributed by atoms with Crippen LogP contribution in [0.5, 0.6) is 0 Å². The Morgan fingerprint density at radius 1 is 1.04 bits per heavy atom. The molecule has 1 saturated heterocycles. The van der Waals surface area contributed by atoms with E-state index in [2.05, 4.69) is 45.5 Å². The fourth-order valence-electron chi connectivity index (χ4n) is 3.13. The highest BCUT2D eigenvalue weighted by Crippen LogP contribution is 2.26. The molecule has 0 aliphatic carbocycles. The minimum absolute atomic E-state index is 0.162. The number of hydrogen-bond acceptors (Lipinski definition) is 5. The molecule has 3 aromatic rings. The molecule has 4 rings (SSSR count). The lowest BCUT2D eigenvalue weighted by molar-refractivity contribution is 0.0252. The smallest absolute Gasteiger partial charge is 0.157 e. The maximum atomic E-state index is 8.88. The molecule has 1 fully saturated rings. The van der Waals surface area contributed by atoms with Crippen molar-refractivity contribution in [2.75, 3.05) is 13.2 Å². The van der Waals surface area contributed by atoms with Crippen molar-refractivity contribution in [1.29, 1.82) is 5.26 Å². The van der Waals surface area contributed by atoms with E-state index in [0.717, 1.165) is 24.3 Å². The monoisotopic (exact) mass is 345 g/mol. The van der Waals surface area contributed by atoms with Crippen LogP contribution in [0, 0.1) is 11.3 Å². The minimum atomic E-state index is -0.162. The van der Waals surface area contributed by atoms with Gasteiger partial charge in [-0.05, 0) is 23.3 Å². The summed E-state index contributed by atoms with van der Waals surface area (Å²) < 4.78 is 7.70. The molecule has 0 amide bonds. The van der Waals surface area contributed by atoms with Gasteiger partial charge in [-0.1, -0.05) is 47.7 Å². The van der Waals surface area contributed by atoms with Crippen molar-refractivity contribution in [3.8, 4) is 6.07 Å². The third-order valence-corrected chi connectivity index (χ3v) is 4.45. The molecule has 26 heavy (non-hydrogen) atoms. The Kier molecular flexibility index (Phi) is 4.73. The molecule has 0 N–H and O–H groups in total. The molecule has 6 heteroatoms. The third kappa shape index (κ3) is 3.64. The molecule has 1 unspecified atom stereocenters. The van der Waals surface area contributed by atoms with Crippen LogP contribution in [0.25, 0.3) is 0 Å². The summed E-state index contributed by atoms with van der Waals surface area (Å²) in [4.78, 5) is 2.27. The van der Waals surface area contributed by atoms with Crippen LogP contribution >= 0.6 is 0 Å². The van der Waals surface area contributed by atoms with Gasteiger partial charge in [0.2, 0.25) is 0 Å². The van der Waals surface area contributed by atoms with Gasteiger partial charge < -0.3 is 4.74 Å². The second-order valence-electron chi connectivity index (χ2n) is 6.33. The lowest BCUT2D eigenvalue weighted by atomic mass is 10.1. The first-order valence-corrected chi connectivity index (χ1v) is 8.60. The summed E-state index contributed by atoms with van der Waals surface area (Å²) in [5.41, 5.74) is 3.82. The van der Waals surface area contributed by atoms with Crippen LogP contribution in [-0.2, 0) is 17.8 Å². The molecule has 1 aromatic heterocycles. The zero-order chi connectivity index (χ0) is 17.8. The number of ether oxygens (including phenoxy) is 1. The molecule has 0 saturated carbocycles. The van der Waals surface area contributed by atoms with E-state index in [1.54, 1.807) is 4.68 Å². The molecular formula is C20H19N5O. The summed E-state index contributed by atoms with van der Waals surface area (Å²) in [5, 5.41) is 17.4. The average Bonchev–Trinajstić information content (AvgIpc) is 3.32. The molecule has 1 aliphatic rings. The topological polar surface area (TPSA) is 67.0 Å². The predicted molar refractivity (Wildman–Crippen MR) is 95.8 cm³/mol. The van der Waals surface area contributed by atoms with Gasteiger partial charge in [-0.25, -0.2) is 4.68 Å². The number of benzene rings is 2. The summed E-state index contributed by atoms with van der Waals surface area (Å²) in [6.07, 6.45) is 1.77. The van der Waals surface area contributed by atoms with Crippen LogP contribution in [0.1, 0.15) is 28.6 Å². The Morgan fingerprint density at radius 3 is 2.58 bits per heavy atom. The van der Waals surface area contributed by atoms with Crippen molar-refractivity contribution >= 4 is 0 Å². The molecule has 0 radical (unpaired) electrons. The summed E-state index contributed by atoms with van der Waals surface area (Å²) in [6, 6.07) is 20.0. The van der Waals surface area contributed by atoms with Crippen molar-refractivity contribution in [3.05, 3.63) is 83.2 Å². The van der Waals surface area contributed by atoms with E-state index in [0.29, 0.717) is 18.7 Å². The summed E-state index contributed by atoms with van der Waals surface area (Å²) in [5.74, 6) is 0. The Labute approximate surface area is 152 Å². The molecule has 130 valence electrons. The number of rotatable bonds is 5. The molecule has 1 aliphatic heterocycles. The first-order chi connectivity index (χ1) is 12.8. The van der Waals surface area contributed by atoms with Crippen LogP contribution in [-0.4, -0.2) is 33.0 Å². The van der Waals surface area contributed by atoms with Crippen molar-refractivity contribution in [3.63, 3.8) is 0 Å². The van der Waals surface area contributed by atoms with Gasteiger partial charge in [-0.2, -0.15) is 5.26 Å². The van der Waals surface area contributed by atoms with Crippen LogP contribution in [0.2, 0.25) is 0 Å². The van der Waals surface area contributed by atoms with E-state index in [9.17, 15) is 0 Å². The number of hydrogen-bond donors (Lipinski definition) is 0. The minimum Gasteiger partial charge on any atom is -0.356 e. The van der Waals surface area contributed by atoms with Crippen molar-refractivity contribution in [2.24, 2.45) is 0 Å². The van der Waals surface area contributed by atoms with E-state index >= 15 is 0 Å². The predicted octanol–water partition coefficient (Wildman–Crippen LogP) is 2.73. The average molecular weight is 345 g/mol. The maximum absolute atomic E-state index is 8.88. The zero-order valence-electron chi connectivity index (χ0n) is 14.3. The van der Waals surface area contributed by atoms with Gasteiger partial charge in [-0.3, -0.25) is 4.90 Å². The standard InChI is InChI=1S/C20H19N5O/c21-12-16-6-8-18(9-7-16)14-25-15-19(22-23-25)20-24(10-11-26-20)13-17-4-2-1-3-5-17/h1-9,15,20H,10-11,13-14H2. The van der Waals surface area contributed by atoms with Gasteiger partial charge in [0.15, 0.2) is 6.23 Å². The largest absolute Gasteiger partial charge is 0.356 e. The van der Waals surface area contributed by atoms with E-state index < -0.39 is 0 Å². The maximum Gasteiger partial charge on any atom is 0.157 e. The Morgan fingerprint density at radius 2 is 1.81 bits per heavy atom. The van der Waals surface area contributed by atoms with Gasteiger partial charge in [0.25, 0.3) is 0 Å². The fourth-order valence-corrected chi connectivity index (χ4v) is 3.13. The van der Waals surface area contributed by atoms with Crippen molar-refractivity contribution in [1.82, 2.24) is 19.9 Å². The van der Waals surface area contributed by atoms with Gasteiger partial charge >= 0.3 is 0 Å². The first-order valence-electron chi connectivity index (χ1n) is 8.60. The highest BCUT2D eigenvalue weighted by molar-refractivity contribution is 5.31.